The van der Waals surface area contributed by atoms with Crippen molar-refractivity contribution in [3.8, 4) is 22.8 Å². The fourth-order valence-corrected chi connectivity index (χ4v) is 2.33. The molecule has 0 aliphatic heterocycles. The summed E-state index contributed by atoms with van der Waals surface area (Å²) in [6, 6.07) is 11.5. The summed E-state index contributed by atoms with van der Waals surface area (Å²) in [5.74, 6) is 1.35. The van der Waals surface area contributed by atoms with E-state index in [0.717, 1.165) is 23.4 Å². The highest BCUT2D eigenvalue weighted by molar-refractivity contribution is 6.30. The lowest BCUT2D eigenvalue weighted by Crippen LogP contribution is -2.31. The molecule has 0 N–H and O–H groups in total. The minimum Gasteiger partial charge on any atom is -0.436 e. The quantitative estimate of drug-likeness (QED) is 0.503. The van der Waals surface area contributed by atoms with Gasteiger partial charge in [-0.3, -0.25) is 0 Å². The largest absolute Gasteiger partial charge is 0.436 e. The molecule has 0 aliphatic rings. The summed E-state index contributed by atoms with van der Waals surface area (Å²) < 4.78 is 8.00. The van der Waals surface area contributed by atoms with Crippen molar-refractivity contribution in [2.45, 2.75) is 20.4 Å². The molecule has 0 fully saturated rings. The third-order valence-corrected chi connectivity index (χ3v) is 3.70. The maximum atomic E-state index is 5.92. The van der Waals surface area contributed by atoms with Crippen LogP contribution in [-0.4, -0.2) is 4.98 Å². The predicted molar refractivity (Wildman–Crippen MR) is 92.0 cm³/mol. The molecule has 4 heteroatoms. The van der Waals surface area contributed by atoms with Crippen LogP contribution in [0.3, 0.4) is 0 Å². The molecule has 1 aromatic carbocycles. The van der Waals surface area contributed by atoms with Crippen molar-refractivity contribution < 1.29 is 8.98 Å². The van der Waals surface area contributed by atoms with Gasteiger partial charge in [0.1, 0.15) is 5.56 Å². The first kappa shape index (κ1) is 15.5. The van der Waals surface area contributed by atoms with Crippen molar-refractivity contribution in [2.24, 2.45) is 0 Å². The van der Waals surface area contributed by atoms with E-state index in [1.807, 2.05) is 48.8 Å². The molecule has 0 amide bonds. The minimum atomic E-state index is 0.613. The third kappa shape index (κ3) is 3.88. The summed E-state index contributed by atoms with van der Waals surface area (Å²) in [6.07, 6.45) is 7.99. The lowest BCUT2D eigenvalue weighted by Gasteiger charge is -1.98. The second-order valence-corrected chi connectivity index (χ2v) is 6.04. The zero-order valence-corrected chi connectivity index (χ0v) is 13.9. The number of nitrogens with zero attached hydrogens (tertiary/aromatic N) is 2. The fourth-order valence-electron chi connectivity index (χ4n) is 2.21. The Labute approximate surface area is 140 Å². The molecule has 0 spiro atoms. The monoisotopic (exact) mass is 325 g/mol. The lowest BCUT2D eigenvalue weighted by molar-refractivity contribution is -0.686. The minimum absolute atomic E-state index is 0.613. The van der Waals surface area contributed by atoms with Crippen LogP contribution in [0.5, 0.6) is 0 Å². The highest BCUT2D eigenvalue weighted by Crippen LogP contribution is 2.26. The van der Waals surface area contributed by atoms with Gasteiger partial charge in [-0.15, -0.1) is 0 Å². The second-order valence-electron chi connectivity index (χ2n) is 5.61. The molecule has 0 saturated heterocycles. The molecule has 3 aromatic rings. The summed E-state index contributed by atoms with van der Waals surface area (Å²) >= 11 is 5.92. The Morgan fingerprint density at radius 2 is 1.96 bits per heavy atom. The average molecular weight is 326 g/mol. The van der Waals surface area contributed by atoms with Crippen LogP contribution >= 0.6 is 11.6 Å². The van der Waals surface area contributed by atoms with Crippen molar-refractivity contribution in [3.05, 3.63) is 71.7 Å². The Kier molecular flexibility index (Phi) is 4.58. The Morgan fingerprint density at radius 1 is 1.17 bits per heavy atom. The SMILES string of the molecule is CC(C)=CC[n+]1cccc(-c2ncc(-c3ccc(Cl)cc3)o2)c1. The maximum absolute atomic E-state index is 5.92. The molecule has 23 heavy (non-hydrogen) atoms. The first-order chi connectivity index (χ1) is 11.1. The van der Waals surface area contributed by atoms with Gasteiger partial charge in [0.05, 0.1) is 6.20 Å². The van der Waals surface area contributed by atoms with Crippen LogP contribution in [0.25, 0.3) is 22.8 Å². The number of oxazole rings is 1. The van der Waals surface area contributed by atoms with Crippen LogP contribution in [0.1, 0.15) is 13.8 Å². The normalized spacial score (nSPS) is 10.6. The van der Waals surface area contributed by atoms with Gasteiger partial charge in [0, 0.05) is 16.7 Å². The van der Waals surface area contributed by atoms with E-state index >= 15 is 0 Å². The van der Waals surface area contributed by atoms with Crippen molar-refractivity contribution in [1.82, 2.24) is 4.98 Å². The van der Waals surface area contributed by atoms with Crippen LogP contribution in [0, 0.1) is 0 Å². The molecule has 0 radical (unpaired) electrons. The Bertz CT molecular complexity index is 831. The second kappa shape index (κ2) is 6.80. The van der Waals surface area contributed by atoms with E-state index in [9.17, 15) is 0 Å². The number of pyridine rings is 1. The van der Waals surface area contributed by atoms with Crippen molar-refractivity contribution in [3.63, 3.8) is 0 Å². The van der Waals surface area contributed by atoms with Crippen LogP contribution in [0.4, 0.5) is 0 Å². The molecule has 3 rings (SSSR count). The van der Waals surface area contributed by atoms with Crippen LogP contribution in [0.15, 0.2) is 71.1 Å². The Hall–Kier alpha value is -2.39. The van der Waals surface area contributed by atoms with E-state index < -0.39 is 0 Å². The number of allylic oxidation sites excluding steroid dienone is 2. The summed E-state index contributed by atoms with van der Waals surface area (Å²) in [5, 5.41) is 0.705. The standard InChI is InChI=1S/C19H18ClN2O/c1-14(2)9-11-22-10-3-4-16(13-22)19-21-12-18(23-19)15-5-7-17(20)8-6-15/h3-10,12-13H,11H2,1-2H3/q+1. The van der Waals surface area contributed by atoms with Gasteiger partial charge in [-0.25, -0.2) is 9.55 Å². The van der Waals surface area contributed by atoms with Crippen LogP contribution in [0.2, 0.25) is 5.02 Å². The highest BCUT2D eigenvalue weighted by Gasteiger charge is 2.11. The molecule has 0 unspecified atom stereocenters. The molecular weight excluding hydrogens is 308 g/mol. The first-order valence-electron chi connectivity index (χ1n) is 7.46. The molecule has 3 nitrogen and oxygen atoms in total. The summed E-state index contributed by atoms with van der Waals surface area (Å²) in [4.78, 5) is 4.39. The van der Waals surface area contributed by atoms with Crippen LogP contribution < -0.4 is 4.57 Å². The number of benzene rings is 1. The molecule has 2 heterocycles. The fraction of sp³-hybridized carbons (Fsp3) is 0.158. The maximum Gasteiger partial charge on any atom is 0.232 e. The van der Waals surface area contributed by atoms with Gasteiger partial charge in [-0.1, -0.05) is 17.2 Å². The van der Waals surface area contributed by atoms with E-state index in [1.54, 1.807) is 6.20 Å². The van der Waals surface area contributed by atoms with Crippen LogP contribution in [-0.2, 0) is 6.54 Å². The smallest absolute Gasteiger partial charge is 0.232 e. The molecule has 0 bridgehead atoms. The van der Waals surface area contributed by atoms with Crippen molar-refractivity contribution in [2.75, 3.05) is 0 Å². The van der Waals surface area contributed by atoms with E-state index in [1.165, 1.54) is 5.57 Å². The van der Waals surface area contributed by atoms with Gasteiger partial charge in [-0.2, -0.15) is 0 Å². The molecule has 2 aromatic heterocycles. The number of aromatic nitrogens is 2. The molecular formula is C19H18ClN2O+. The Balaban J connectivity index is 1.87. The van der Waals surface area contributed by atoms with Gasteiger partial charge in [-0.05, 0) is 50.3 Å². The van der Waals surface area contributed by atoms with Gasteiger partial charge in [0.25, 0.3) is 0 Å². The van der Waals surface area contributed by atoms with Gasteiger partial charge in [0.2, 0.25) is 5.89 Å². The van der Waals surface area contributed by atoms with E-state index in [2.05, 4.69) is 29.5 Å². The van der Waals surface area contributed by atoms with Gasteiger partial charge < -0.3 is 4.42 Å². The first-order valence-corrected chi connectivity index (χ1v) is 7.84. The number of halogens is 1. The van der Waals surface area contributed by atoms with E-state index in [4.69, 9.17) is 16.0 Å². The lowest BCUT2D eigenvalue weighted by atomic mass is 10.2. The number of rotatable bonds is 4. The number of hydrogen-bond donors (Lipinski definition) is 0. The van der Waals surface area contributed by atoms with Gasteiger partial charge in [0.15, 0.2) is 24.7 Å². The zero-order chi connectivity index (χ0) is 16.2. The van der Waals surface area contributed by atoms with Crippen molar-refractivity contribution >= 4 is 11.6 Å². The highest BCUT2D eigenvalue weighted by atomic mass is 35.5. The molecule has 0 aliphatic carbocycles. The zero-order valence-electron chi connectivity index (χ0n) is 13.2. The van der Waals surface area contributed by atoms with E-state index in [0.29, 0.717) is 10.9 Å². The average Bonchev–Trinajstić information content (AvgIpc) is 3.04. The molecule has 0 saturated carbocycles. The molecule has 0 atom stereocenters. The molecule has 116 valence electrons. The summed E-state index contributed by atoms with van der Waals surface area (Å²) in [6.45, 7) is 5.02. The number of hydrogen-bond acceptors (Lipinski definition) is 2. The topological polar surface area (TPSA) is 29.9 Å². The summed E-state index contributed by atoms with van der Waals surface area (Å²) in [7, 11) is 0. The third-order valence-electron chi connectivity index (χ3n) is 3.45. The van der Waals surface area contributed by atoms with E-state index in [-0.39, 0.29) is 0 Å². The summed E-state index contributed by atoms with van der Waals surface area (Å²) in [5.41, 5.74) is 3.21. The predicted octanol–water partition coefficient (Wildman–Crippen LogP) is 4.92. The van der Waals surface area contributed by atoms with Gasteiger partial charge >= 0.3 is 0 Å². The van der Waals surface area contributed by atoms with Crippen molar-refractivity contribution in [1.29, 1.82) is 0 Å². The Morgan fingerprint density at radius 3 is 2.70 bits per heavy atom.